The number of halogens is 1. The Bertz CT molecular complexity index is 1170. The molecule has 1 aliphatic rings. The Hall–Kier alpha value is -2.38. The van der Waals surface area contributed by atoms with Crippen molar-refractivity contribution in [3.8, 4) is 5.75 Å². The van der Waals surface area contributed by atoms with E-state index in [9.17, 15) is 5.11 Å². The maximum absolute atomic E-state index is 12.3. The molecule has 1 aliphatic carbocycles. The third kappa shape index (κ3) is 9.57. The molecular formula is C34H49ClN2O4. The van der Waals surface area contributed by atoms with Crippen molar-refractivity contribution in [2.75, 3.05) is 27.2 Å². The zero-order valence-electron chi connectivity index (χ0n) is 25.6. The van der Waals surface area contributed by atoms with E-state index in [0.717, 1.165) is 54.9 Å². The van der Waals surface area contributed by atoms with Crippen LogP contribution in [0.4, 0.5) is 0 Å². The predicted molar refractivity (Wildman–Crippen MR) is 159 cm³/mol. The van der Waals surface area contributed by atoms with Crippen molar-refractivity contribution in [3.63, 3.8) is 0 Å². The Morgan fingerprint density at radius 2 is 1.56 bits per heavy atom. The molecule has 0 radical (unpaired) electrons. The number of nitrogens with zero attached hydrogens (tertiary/aromatic N) is 2. The van der Waals surface area contributed by atoms with Crippen LogP contribution < -0.4 is 17.1 Å². The fraction of sp³-hybridized carbons (Fsp3) is 0.559. The molecule has 1 atom stereocenters. The monoisotopic (exact) mass is 584 g/mol. The topological polar surface area (TPSA) is 64.7 Å². The molecule has 1 fully saturated rings. The van der Waals surface area contributed by atoms with E-state index in [-0.39, 0.29) is 23.9 Å². The van der Waals surface area contributed by atoms with Gasteiger partial charge >= 0.3 is 0 Å². The van der Waals surface area contributed by atoms with Gasteiger partial charge in [0, 0.05) is 5.92 Å². The first-order valence-corrected chi connectivity index (χ1v) is 15.0. The number of likely N-dealkylation sites (N-methyl/N-ethyl adjacent to an activating group) is 1. The van der Waals surface area contributed by atoms with E-state index in [1.54, 1.807) is 6.20 Å². The van der Waals surface area contributed by atoms with Crippen LogP contribution in [0.3, 0.4) is 0 Å². The molecule has 0 aliphatic heterocycles. The van der Waals surface area contributed by atoms with Crippen LogP contribution in [0.5, 0.6) is 5.75 Å². The number of rotatable bonds is 11. The van der Waals surface area contributed by atoms with Crippen LogP contribution in [0.2, 0.25) is 0 Å². The summed E-state index contributed by atoms with van der Waals surface area (Å²) in [5.41, 5.74) is 0.570. The summed E-state index contributed by atoms with van der Waals surface area (Å²) in [6, 6.07) is 18.1. The van der Waals surface area contributed by atoms with Gasteiger partial charge in [0.15, 0.2) is 11.4 Å². The van der Waals surface area contributed by atoms with Crippen LogP contribution in [0, 0.1) is 5.92 Å². The van der Waals surface area contributed by atoms with Crippen molar-refractivity contribution in [2.24, 2.45) is 5.92 Å². The minimum Gasteiger partial charge on any atom is -1.00 e. The van der Waals surface area contributed by atoms with Gasteiger partial charge in [-0.15, -0.1) is 0 Å². The lowest BCUT2D eigenvalue weighted by atomic mass is 9.74. The Morgan fingerprint density at radius 3 is 2.20 bits per heavy atom. The van der Waals surface area contributed by atoms with E-state index < -0.39 is 5.60 Å². The summed E-state index contributed by atoms with van der Waals surface area (Å²) in [5, 5.41) is 12.3. The molecule has 0 spiro atoms. The Kier molecular flexibility index (Phi) is 11.9. The summed E-state index contributed by atoms with van der Waals surface area (Å²) in [6.07, 6.45) is 9.76. The summed E-state index contributed by atoms with van der Waals surface area (Å²) in [6.45, 7) is 8.83. The zero-order chi connectivity index (χ0) is 28.6. The quantitative estimate of drug-likeness (QED) is 0.270. The molecule has 1 heterocycles. The van der Waals surface area contributed by atoms with Crippen LogP contribution in [-0.4, -0.2) is 47.4 Å². The minimum absolute atomic E-state index is 0. The highest BCUT2D eigenvalue weighted by atomic mass is 35.5. The molecule has 0 bridgehead atoms. The van der Waals surface area contributed by atoms with E-state index in [4.69, 9.17) is 13.9 Å². The first kappa shape index (κ1) is 33.1. The summed E-state index contributed by atoms with van der Waals surface area (Å²) in [5.74, 6) is 2.17. The minimum atomic E-state index is -1.22. The molecule has 1 N–H and O–H groups in total. The molecule has 4 rings (SSSR count). The summed E-state index contributed by atoms with van der Waals surface area (Å²) in [7, 11) is 4.34. The smallest absolute Gasteiger partial charge is 0.231 e. The molecule has 41 heavy (non-hydrogen) atoms. The Labute approximate surface area is 253 Å². The van der Waals surface area contributed by atoms with Gasteiger partial charge in [-0.05, 0) is 56.9 Å². The molecule has 7 heteroatoms. The lowest BCUT2D eigenvalue weighted by Gasteiger charge is -2.35. The van der Waals surface area contributed by atoms with Crippen molar-refractivity contribution in [2.45, 2.75) is 90.1 Å². The first-order chi connectivity index (χ1) is 19.1. The fourth-order valence-electron chi connectivity index (χ4n) is 5.67. The van der Waals surface area contributed by atoms with E-state index in [2.05, 4.69) is 31.2 Å². The van der Waals surface area contributed by atoms with Crippen LogP contribution >= 0.6 is 0 Å². The van der Waals surface area contributed by atoms with Crippen LogP contribution in [0.15, 0.2) is 65.2 Å². The van der Waals surface area contributed by atoms with Gasteiger partial charge < -0.3 is 35.9 Å². The molecule has 0 amide bonds. The molecule has 1 saturated carbocycles. The van der Waals surface area contributed by atoms with E-state index in [1.165, 1.54) is 19.3 Å². The first-order valence-electron chi connectivity index (χ1n) is 15.0. The third-order valence-electron chi connectivity index (χ3n) is 7.83. The molecule has 1 unspecified atom stereocenters. The van der Waals surface area contributed by atoms with Gasteiger partial charge in [0.25, 0.3) is 0 Å². The maximum atomic E-state index is 12.3. The highest BCUT2D eigenvalue weighted by molar-refractivity contribution is 5.30. The summed E-state index contributed by atoms with van der Waals surface area (Å²) in [4.78, 5) is 4.68. The van der Waals surface area contributed by atoms with Gasteiger partial charge in [-0.25, -0.2) is 4.98 Å². The highest BCUT2D eigenvalue weighted by Crippen LogP contribution is 2.42. The van der Waals surface area contributed by atoms with Crippen molar-refractivity contribution in [3.05, 3.63) is 83.6 Å². The average Bonchev–Trinajstić information content (AvgIpc) is 3.35. The van der Waals surface area contributed by atoms with Gasteiger partial charge in [0.1, 0.15) is 24.4 Å². The lowest BCUT2D eigenvalue weighted by molar-refractivity contribution is -0.905. The van der Waals surface area contributed by atoms with Crippen molar-refractivity contribution >= 4 is 0 Å². The molecule has 1 aromatic heterocycles. The van der Waals surface area contributed by atoms with Crippen molar-refractivity contribution < 1.29 is 35.9 Å². The van der Waals surface area contributed by atoms with E-state index >= 15 is 0 Å². The van der Waals surface area contributed by atoms with Gasteiger partial charge in [-0.2, -0.15) is 0 Å². The largest absolute Gasteiger partial charge is 1.00 e. The van der Waals surface area contributed by atoms with Crippen molar-refractivity contribution in [1.82, 2.24) is 4.98 Å². The molecular weight excluding hydrogens is 536 g/mol. The molecule has 2 aromatic carbocycles. The zero-order valence-corrected chi connectivity index (χ0v) is 26.3. The highest BCUT2D eigenvalue weighted by Gasteiger charge is 2.44. The molecule has 0 saturated heterocycles. The molecule has 226 valence electrons. The number of aliphatic hydroxyl groups is 1. The SMILES string of the molecule is CC(C)(C)Oc1ccc(COCC[N+](C)(C)Cc2cnc(C(O)(c3ccccc3)C3CCCCCCC3)o2)cc1.[Cl-]. The van der Waals surface area contributed by atoms with Gasteiger partial charge in [0.05, 0.1) is 33.5 Å². The number of aromatic nitrogens is 1. The second-order valence-electron chi connectivity index (χ2n) is 13.0. The fourth-order valence-corrected chi connectivity index (χ4v) is 5.67. The molecule has 6 nitrogen and oxygen atoms in total. The van der Waals surface area contributed by atoms with Crippen LogP contribution in [0.1, 0.15) is 88.5 Å². The maximum Gasteiger partial charge on any atom is 0.231 e. The second kappa shape index (κ2) is 14.7. The standard InChI is InChI=1S/C34H49N2O4.ClH/c1-33(2,3)40-30-20-18-27(19-21-30)26-38-23-22-36(4,5)25-31-24-35-32(39-31)34(37,29-16-12-9-13-17-29)28-14-10-7-6-8-11-15-28;/h9,12-13,16-21,24,28,37H,6-8,10-11,14-15,22-23,25-26H2,1-5H3;1H/q+1;/p-1. The average molecular weight is 585 g/mol. The number of hydrogen-bond acceptors (Lipinski definition) is 5. The Balaban J connectivity index is 0.00000462. The predicted octanol–water partition coefficient (Wildman–Crippen LogP) is 4.25. The number of benzene rings is 2. The van der Waals surface area contributed by atoms with Gasteiger partial charge in [0.2, 0.25) is 5.89 Å². The van der Waals surface area contributed by atoms with E-state index in [0.29, 0.717) is 30.1 Å². The normalized spacial score (nSPS) is 16.7. The van der Waals surface area contributed by atoms with Crippen molar-refractivity contribution in [1.29, 1.82) is 0 Å². The Morgan fingerprint density at radius 1 is 0.927 bits per heavy atom. The molecule has 3 aromatic rings. The summed E-state index contributed by atoms with van der Waals surface area (Å²) < 4.78 is 19.0. The number of hydrogen-bond donors (Lipinski definition) is 1. The second-order valence-corrected chi connectivity index (χ2v) is 13.0. The summed E-state index contributed by atoms with van der Waals surface area (Å²) >= 11 is 0. The van der Waals surface area contributed by atoms with Crippen LogP contribution in [-0.2, 0) is 23.5 Å². The van der Waals surface area contributed by atoms with Crippen LogP contribution in [0.25, 0.3) is 0 Å². The van der Waals surface area contributed by atoms with Gasteiger partial charge in [-0.1, -0.05) is 74.6 Å². The number of quaternary nitrogens is 1. The number of oxazole rings is 1. The number of ether oxygens (including phenoxy) is 2. The van der Waals surface area contributed by atoms with E-state index in [1.807, 2.05) is 63.2 Å². The lowest BCUT2D eigenvalue weighted by Crippen LogP contribution is -3.00. The third-order valence-corrected chi connectivity index (χ3v) is 7.83. The van der Waals surface area contributed by atoms with Gasteiger partial charge in [-0.3, -0.25) is 0 Å².